The standard InChI is InChI=1S/C27H26N4O2S/c1-2-24(26(33)30-22-11-8-18(9-12-22)25(29)32)34-27-21(16-28)15-20-14-19(10-13-23(20)31-27)17-6-4-3-5-7-17/h3-9,11-12,15,19,24H,2,10,13-14H2,1H3,(H2,29,32)(H,30,33). The molecule has 0 aliphatic heterocycles. The van der Waals surface area contributed by atoms with Gasteiger partial charge < -0.3 is 11.1 Å². The van der Waals surface area contributed by atoms with Crippen LogP contribution in [0.2, 0.25) is 0 Å². The lowest BCUT2D eigenvalue weighted by Crippen LogP contribution is -2.25. The van der Waals surface area contributed by atoms with Crippen LogP contribution in [0.1, 0.15) is 58.4 Å². The quantitative estimate of drug-likeness (QED) is 0.481. The van der Waals surface area contributed by atoms with Crippen LogP contribution in [0.25, 0.3) is 0 Å². The molecule has 1 aliphatic rings. The van der Waals surface area contributed by atoms with Crippen LogP contribution in [0.4, 0.5) is 5.69 Å². The summed E-state index contributed by atoms with van der Waals surface area (Å²) in [5.74, 6) is -0.264. The van der Waals surface area contributed by atoms with Crippen LogP contribution in [-0.4, -0.2) is 22.0 Å². The molecule has 1 aliphatic carbocycles. The molecule has 34 heavy (non-hydrogen) atoms. The van der Waals surface area contributed by atoms with Gasteiger partial charge in [0.05, 0.1) is 10.8 Å². The first kappa shape index (κ1) is 23.5. The molecule has 0 bridgehead atoms. The summed E-state index contributed by atoms with van der Waals surface area (Å²) in [6, 6.07) is 21.1. The third-order valence-corrected chi connectivity index (χ3v) is 7.46. The van der Waals surface area contributed by atoms with Gasteiger partial charge in [-0.3, -0.25) is 9.59 Å². The van der Waals surface area contributed by atoms with Crippen LogP contribution in [0.5, 0.6) is 0 Å². The number of carbonyl (C=O) groups excluding carboxylic acids is 2. The Morgan fingerprint density at radius 3 is 2.59 bits per heavy atom. The number of thioether (sulfide) groups is 1. The van der Waals surface area contributed by atoms with E-state index in [1.165, 1.54) is 17.3 Å². The molecule has 2 unspecified atom stereocenters. The number of amides is 2. The van der Waals surface area contributed by atoms with Crippen molar-refractivity contribution in [2.45, 2.75) is 48.8 Å². The van der Waals surface area contributed by atoms with E-state index in [1.807, 2.05) is 19.1 Å². The van der Waals surface area contributed by atoms with E-state index in [1.54, 1.807) is 24.3 Å². The van der Waals surface area contributed by atoms with E-state index in [0.29, 0.717) is 34.2 Å². The lowest BCUT2D eigenvalue weighted by atomic mass is 9.82. The molecule has 0 radical (unpaired) electrons. The summed E-state index contributed by atoms with van der Waals surface area (Å²) >= 11 is 1.33. The molecule has 1 heterocycles. The summed E-state index contributed by atoms with van der Waals surface area (Å²) in [5.41, 5.74) is 10.2. The highest BCUT2D eigenvalue weighted by Crippen LogP contribution is 2.35. The van der Waals surface area contributed by atoms with E-state index < -0.39 is 11.2 Å². The topological polar surface area (TPSA) is 109 Å². The number of anilines is 1. The van der Waals surface area contributed by atoms with Gasteiger partial charge in [0.1, 0.15) is 11.1 Å². The summed E-state index contributed by atoms with van der Waals surface area (Å²) in [5, 5.41) is 12.9. The highest BCUT2D eigenvalue weighted by atomic mass is 32.2. The number of nitrogens with one attached hydrogen (secondary N) is 1. The Morgan fingerprint density at radius 1 is 1.21 bits per heavy atom. The maximum absolute atomic E-state index is 12.9. The number of benzene rings is 2. The summed E-state index contributed by atoms with van der Waals surface area (Å²) in [4.78, 5) is 29.0. The fraction of sp³-hybridized carbons (Fsp3) is 0.259. The molecule has 172 valence electrons. The van der Waals surface area contributed by atoms with Crippen LogP contribution < -0.4 is 11.1 Å². The van der Waals surface area contributed by atoms with Gasteiger partial charge in [0.15, 0.2) is 0 Å². The Kier molecular flexibility index (Phi) is 7.29. The van der Waals surface area contributed by atoms with Gasteiger partial charge in [-0.1, -0.05) is 49.0 Å². The summed E-state index contributed by atoms with van der Waals surface area (Å²) < 4.78 is 0. The number of nitriles is 1. The first-order valence-electron chi connectivity index (χ1n) is 11.3. The Balaban J connectivity index is 1.49. The van der Waals surface area contributed by atoms with Crippen molar-refractivity contribution in [2.24, 2.45) is 5.73 Å². The van der Waals surface area contributed by atoms with E-state index in [9.17, 15) is 14.9 Å². The average Bonchev–Trinajstić information content (AvgIpc) is 2.87. The number of aryl methyl sites for hydroxylation is 1. The Bertz CT molecular complexity index is 1240. The van der Waals surface area contributed by atoms with E-state index in [4.69, 9.17) is 10.7 Å². The molecule has 0 saturated carbocycles. The number of hydrogen-bond acceptors (Lipinski definition) is 5. The molecule has 2 amide bonds. The van der Waals surface area contributed by atoms with Gasteiger partial charge in [-0.05, 0) is 73.1 Å². The molecule has 0 spiro atoms. The maximum atomic E-state index is 12.9. The minimum Gasteiger partial charge on any atom is -0.366 e. The van der Waals surface area contributed by atoms with Crippen molar-refractivity contribution in [2.75, 3.05) is 5.32 Å². The molecule has 3 N–H and O–H groups in total. The number of fused-ring (bicyclic) bond motifs is 1. The Hall–Kier alpha value is -3.63. The molecule has 2 aromatic carbocycles. The van der Waals surface area contributed by atoms with E-state index in [2.05, 4.69) is 35.7 Å². The van der Waals surface area contributed by atoms with Crippen LogP contribution in [-0.2, 0) is 17.6 Å². The lowest BCUT2D eigenvalue weighted by Gasteiger charge is -2.25. The number of hydrogen-bond donors (Lipinski definition) is 2. The van der Waals surface area contributed by atoms with Crippen LogP contribution >= 0.6 is 11.8 Å². The minimum atomic E-state index is -0.516. The van der Waals surface area contributed by atoms with Crippen molar-refractivity contribution in [1.29, 1.82) is 5.26 Å². The van der Waals surface area contributed by atoms with Crippen molar-refractivity contribution in [1.82, 2.24) is 4.98 Å². The number of aromatic nitrogens is 1. The summed E-state index contributed by atoms with van der Waals surface area (Å²) in [7, 11) is 0. The molecule has 7 heteroatoms. The highest BCUT2D eigenvalue weighted by Gasteiger charge is 2.25. The number of nitrogens with zero attached hydrogens (tertiary/aromatic N) is 2. The SMILES string of the molecule is CCC(Sc1nc2c(cc1C#N)CC(c1ccccc1)CC2)C(=O)Nc1ccc(C(N)=O)cc1. The lowest BCUT2D eigenvalue weighted by molar-refractivity contribution is -0.115. The average molecular weight is 471 g/mol. The largest absolute Gasteiger partial charge is 0.366 e. The molecule has 4 rings (SSSR count). The zero-order valence-electron chi connectivity index (χ0n) is 19.0. The van der Waals surface area contributed by atoms with Gasteiger partial charge in [-0.2, -0.15) is 5.26 Å². The van der Waals surface area contributed by atoms with Crippen LogP contribution in [0, 0.1) is 11.3 Å². The van der Waals surface area contributed by atoms with Crippen molar-refractivity contribution >= 4 is 29.3 Å². The number of primary amides is 1. The van der Waals surface area contributed by atoms with E-state index >= 15 is 0 Å². The highest BCUT2D eigenvalue weighted by molar-refractivity contribution is 8.00. The number of carbonyl (C=O) groups is 2. The predicted molar refractivity (Wildman–Crippen MR) is 134 cm³/mol. The third-order valence-electron chi connectivity index (χ3n) is 6.10. The van der Waals surface area contributed by atoms with Crippen molar-refractivity contribution in [3.8, 4) is 6.07 Å². The van der Waals surface area contributed by atoms with Crippen molar-refractivity contribution in [3.05, 3.63) is 88.6 Å². The molecule has 0 fully saturated rings. The second-order valence-electron chi connectivity index (χ2n) is 8.35. The first-order chi connectivity index (χ1) is 16.5. The Morgan fingerprint density at radius 2 is 1.94 bits per heavy atom. The van der Waals surface area contributed by atoms with E-state index in [0.717, 1.165) is 30.5 Å². The monoisotopic (exact) mass is 470 g/mol. The predicted octanol–water partition coefficient (Wildman–Crippen LogP) is 4.83. The fourth-order valence-corrected chi connectivity index (χ4v) is 5.22. The fourth-order valence-electron chi connectivity index (χ4n) is 4.22. The smallest absolute Gasteiger partial charge is 0.248 e. The maximum Gasteiger partial charge on any atom is 0.248 e. The molecule has 2 atom stereocenters. The third kappa shape index (κ3) is 5.29. The molecule has 3 aromatic rings. The zero-order valence-corrected chi connectivity index (χ0v) is 19.8. The number of pyridine rings is 1. The minimum absolute atomic E-state index is 0.174. The number of nitrogens with two attached hydrogens (primary N) is 1. The van der Waals surface area contributed by atoms with Gasteiger partial charge in [-0.15, -0.1) is 0 Å². The Labute approximate surface area is 203 Å². The zero-order chi connectivity index (χ0) is 24.1. The van der Waals surface area contributed by atoms with Gasteiger partial charge in [-0.25, -0.2) is 4.98 Å². The molecule has 6 nitrogen and oxygen atoms in total. The second kappa shape index (κ2) is 10.5. The van der Waals surface area contributed by atoms with Crippen molar-refractivity contribution < 1.29 is 9.59 Å². The van der Waals surface area contributed by atoms with Crippen molar-refractivity contribution in [3.63, 3.8) is 0 Å². The molecule has 0 saturated heterocycles. The number of rotatable bonds is 7. The summed E-state index contributed by atoms with van der Waals surface area (Å²) in [6.45, 7) is 1.93. The normalized spacial score (nSPS) is 15.6. The summed E-state index contributed by atoms with van der Waals surface area (Å²) in [6.07, 6.45) is 3.31. The molecular formula is C27H26N4O2S. The molecule has 1 aromatic heterocycles. The van der Waals surface area contributed by atoms with Crippen LogP contribution in [0.3, 0.4) is 0 Å². The van der Waals surface area contributed by atoms with Crippen LogP contribution in [0.15, 0.2) is 65.7 Å². The van der Waals surface area contributed by atoms with Gasteiger partial charge in [0, 0.05) is 16.9 Å². The second-order valence-corrected chi connectivity index (χ2v) is 9.55. The first-order valence-corrected chi connectivity index (χ1v) is 12.2. The van der Waals surface area contributed by atoms with Gasteiger partial charge >= 0.3 is 0 Å². The van der Waals surface area contributed by atoms with E-state index in [-0.39, 0.29) is 5.91 Å². The molecular weight excluding hydrogens is 444 g/mol. The van der Waals surface area contributed by atoms with Gasteiger partial charge in [0.25, 0.3) is 0 Å². The van der Waals surface area contributed by atoms with Gasteiger partial charge in [0.2, 0.25) is 11.8 Å².